The molecule has 0 unspecified atom stereocenters. The Bertz CT molecular complexity index is 968. The third-order valence-electron chi connectivity index (χ3n) is 5.91. The first-order chi connectivity index (χ1) is 14.5. The fourth-order valence-electron chi connectivity index (χ4n) is 4.12. The molecule has 30 heavy (non-hydrogen) atoms. The lowest BCUT2D eigenvalue weighted by Gasteiger charge is -2.32. The van der Waals surface area contributed by atoms with Crippen molar-refractivity contribution in [2.75, 3.05) is 24.6 Å². The maximum absolute atomic E-state index is 13.5. The number of nitrogens with zero attached hydrogens (tertiary/aromatic N) is 2. The number of carbonyl (C=O) groups is 2. The maximum atomic E-state index is 13.5. The fraction of sp³-hybridized carbons (Fsp3) is 0.360. The van der Waals surface area contributed by atoms with Crippen LogP contribution in [0.1, 0.15) is 37.8 Å². The molecule has 156 valence electrons. The second-order valence-electron chi connectivity index (χ2n) is 8.13. The Morgan fingerprint density at radius 2 is 1.57 bits per heavy atom. The zero-order valence-corrected chi connectivity index (χ0v) is 17.9. The van der Waals surface area contributed by atoms with E-state index in [0.717, 1.165) is 42.8 Å². The number of hydrogen-bond donors (Lipinski definition) is 0. The van der Waals surface area contributed by atoms with Gasteiger partial charge in [-0.15, -0.1) is 0 Å². The summed E-state index contributed by atoms with van der Waals surface area (Å²) in [7, 11) is 0. The van der Waals surface area contributed by atoms with E-state index >= 15 is 0 Å². The number of amides is 2. The van der Waals surface area contributed by atoms with Crippen LogP contribution < -0.4 is 9.64 Å². The summed E-state index contributed by atoms with van der Waals surface area (Å²) < 4.78 is 5.54. The molecule has 0 radical (unpaired) electrons. The highest BCUT2D eigenvalue weighted by atomic mass is 16.5. The van der Waals surface area contributed by atoms with E-state index in [1.165, 1.54) is 4.90 Å². The molecule has 2 aliphatic rings. The summed E-state index contributed by atoms with van der Waals surface area (Å²) in [6.45, 7) is 8.32. The first-order valence-corrected chi connectivity index (χ1v) is 10.7. The van der Waals surface area contributed by atoms with Crippen molar-refractivity contribution < 1.29 is 14.3 Å². The Morgan fingerprint density at radius 1 is 0.933 bits per heavy atom. The molecule has 4 rings (SSSR count). The van der Waals surface area contributed by atoms with Gasteiger partial charge in [-0.2, -0.15) is 0 Å². The number of rotatable bonds is 5. The van der Waals surface area contributed by atoms with Crippen LogP contribution in [0.5, 0.6) is 5.75 Å². The van der Waals surface area contributed by atoms with E-state index < -0.39 is 0 Å². The number of likely N-dealkylation sites (tertiary alicyclic amines) is 1. The minimum Gasteiger partial charge on any atom is -0.494 e. The third kappa shape index (κ3) is 3.72. The molecule has 0 bridgehead atoms. The zero-order chi connectivity index (χ0) is 21.3. The third-order valence-corrected chi connectivity index (χ3v) is 5.91. The van der Waals surface area contributed by atoms with Crippen LogP contribution in [-0.4, -0.2) is 36.4 Å². The van der Waals surface area contributed by atoms with Crippen molar-refractivity contribution in [1.82, 2.24) is 4.90 Å². The Hall–Kier alpha value is -3.08. The lowest BCUT2D eigenvalue weighted by Crippen LogP contribution is -2.38. The molecule has 1 saturated heterocycles. The molecule has 0 N–H and O–H groups in total. The van der Waals surface area contributed by atoms with Crippen molar-refractivity contribution in [2.45, 2.75) is 33.6 Å². The number of carbonyl (C=O) groups excluding carboxylic acids is 2. The molecule has 2 aromatic rings. The molecule has 0 spiro atoms. The average molecular weight is 405 g/mol. The number of aryl methyl sites for hydroxylation is 1. The van der Waals surface area contributed by atoms with Gasteiger partial charge in [0.15, 0.2) is 0 Å². The smallest absolute Gasteiger partial charge is 0.282 e. The van der Waals surface area contributed by atoms with E-state index in [1.807, 2.05) is 62.4 Å². The van der Waals surface area contributed by atoms with Gasteiger partial charge in [0.2, 0.25) is 0 Å². The lowest BCUT2D eigenvalue weighted by atomic mass is 9.97. The van der Waals surface area contributed by atoms with E-state index in [2.05, 4.69) is 11.8 Å². The molecule has 0 aromatic heterocycles. The number of ether oxygens (including phenoxy) is 1. The van der Waals surface area contributed by atoms with Crippen LogP contribution in [0.2, 0.25) is 0 Å². The molecule has 0 saturated carbocycles. The Labute approximate surface area is 177 Å². The molecule has 0 aliphatic carbocycles. The quantitative estimate of drug-likeness (QED) is 0.693. The van der Waals surface area contributed by atoms with Gasteiger partial charge in [-0.05, 0) is 62.4 Å². The Kier molecular flexibility index (Phi) is 5.62. The maximum Gasteiger partial charge on any atom is 0.282 e. The molecule has 2 aliphatic heterocycles. The van der Waals surface area contributed by atoms with E-state index in [4.69, 9.17) is 4.74 Å². The van der Waals surface area contributed by atoms with Gasteiger partial charge in [0.05, 0.1) is 17.9 Å². The monoisotopic (exact) mass is 404 g/mol. The predicted molar refractivity (Wildman–Crippen MR) is 118 cm³/mol. The van der Waals surface area contributed by atoms with Crippen LogP contribution in [0.3, 0.4) is 0 Å². The van der Waals surface area contributed by atoms with Gasteiger partial charge in [0.1, 0.15) is 11.4 Å². The molecule has 2 amide bonds. The second kappa shape index (κ2) is 8.34. The van der Waals surface area contributed by atoms with E-state index in [0.29, 0.717) is 29.5 Å². The topological polar surface area (TPSA) is 49.9 Å². The van der Waals surface area contributed by atoms with Gasteiger partial charge in [-0.1, -0.05) is 36.8 Å². The van der Waals surface area contributed by atoms with E-state index in [-0.39, 0.29) is 11.8 Å². The van der Waals surface area contributed by atoms with E-state index in [1.54, 1.807) is 0 Å². The van der Waals surface area contributed by atoms with Crippen LogP contribution in [0.15, 0.2) is 54.2 Å². The molecule has 0 atom stereocenters. The summed E-state index contributed by atoms with van der Waals surface area (Å²) in [4.78, 5) is 30.5. The molecular weight excluding hydrogens is 376 g/mol. The van der Waals surface area contributed by atoms with Crippen LogP contribution in [-0.2, 0) is 9.59 Å². The highest BCUT2D eigenvalue weighted by molar-refractivity contribution is 6.45. The normalized spacial score (nSPS) is 17.8. The summed E-state index contributed by atoms with van der Waals surface area (Å²) in [5, 5.41) is 0. The van der Waals surface area contributed by atoms with Crippen LogP contribution in [0.4, 0.5) is 5.69 Å². The van der Waals surface area contributed by atoms with Crippen molar-refractivity contribution >= 4 is 23.1 Å². The molecule has 5 nitrogen and oxygen atoms in total. The van der Waals surface area contributed by atoms with Gasteiger partial charge in [0, 0.05) is 13.1 Å². The van der Waals surface area contributed by atoms with Crippen molar-refractivity contribution in [3.8, 4) is 5.75 Å². The molecular formula is C25H28N2O3. The second-order valence-corrected chi connectivity index (χ2v) is 8.13. The average Bonchev–Trinajstić information content (AvgIpc) is 3.00. The van der Waals surface area contributed by atoms with Crippen molar-refractivity contribution in [2.24, 2.45) is 5.92 Å². The van der Waals surface area contributed by atoms with Gasteiger partial charge in [0.25, 0.3) is 11.8 Å². The van der Waals surface area contributed by atoms with Gasteiger partial charge < -0.3 is 9.64 Å². The minimum absolute atomic E-state index is 0.234. The SMILES string of the molecule is CCOc1ccc(C2=C(N3CCC(C)CC3)C(=O)N(c3ccc(C)cc3)C2=O)cc1. The number of hydrogen-bond acceptors (Lipinski definition) is 4. The van der Waals surface area contributed by atoms with Gasteiger partial charge in [-0.25, -0.2) is 4.90 Å². The first kappa shape index (κ1) is 20.2. The molecule has 5 heteroatoms. The van der Waals surface area contributed by atoms with Crippen molar-refractivity contribution in [3.63, 3.8) is 0 Å². The van der Waals surface area contributed by atoms with Gasteiger partial charge >= 0.3 is 0 Å². The number of benzene rings is 2. The Balaban J connectivity index is 1.76. The highest BCUT2D eigenvalue weighted by Gasteiger charge is 2.42. The molecule has 2 heterocycles. The van der Waals surface area contributed by atoms with Crippen molar-refractivity contribution in [3.05, 3.63) is 65.4 Å². The Morgan fingerprint density at radius 3 is 2.17 bits per heavy atom. The first-order valence-electron chi connectivity index (χ1n) is 10.7. The highest BCUT2D eigenvalue weighted by Crippen LogP contribution is 2.36. The summed E-state index contributed by atoms with van der Waals surface area (Å²) >= 11 is 0. The van der Waals surface area contributed by atoms with Crippen molar-refractivity contribution in [1.29, 1.82) is 0 Å². The van der Waals surface area contributed by atoms with Crippen LogP contribution in [0, 0.1) is 12.8 Å². The summed E-state index contributed by atoms with van der Waals surface area (Å²) in [6.07, 6.45) is 2.04. The van der Waals surface area contributed by atoms with Crippen LogP contribution in [0.25, 0.3) is 5.57 Å². The standard InChI is InChI=1S/C25H28N2O3/c1-4-30-21-11-7-19(8-12-21)22-23(26-15-13-18(3)14-16-26)25(29)27(24(22)28)20-9-5-17(2)6-10-20/h5-12,18H,4,13-16H2,1-3H3. The number of imide groups is 1. The summed E-state index contributed by atoms with van der Waals surface area (Å²) in [5.74, 6) is 0.891. The summed E-state index contributed by atoms with van der Waals surface area (Å²) in [5.41, 5.74) is 3.46. The largest absolute Gasteiger partial charge is 0.494 e. The fourth-order valence-corrected chi connectivity index (χ4v) is 4.12. The lowest BCUT2D eigenvalue weighted by molar-refractivity contribution is -0.120. The molecule has 2 aromatic carbocycles. The van der Waals surface area contributed by atoms with Gasteiger partial charge in [-0.3, -0.25) is 9.59 Å². The van der Waals surface area contributed by atoms with Crippen LogP contribution >= 0.6 is 0 Å². The summed E-state index contributed by atoms with van der Waals surface area (Å²) in [6, 6.07) is 15.0. The molecule has 1 fully saturated rings. The number of anilines is 1. The number of piperidine rings is 1. The minimum atomic E-state index is -0.262. The zero-order valence-electron chi connectivity index (χ0n) is 17.9. The predicted octanol–water partition coefficient (Wildman–Crippen LogP) is 4.41. The van der Waals surface area contributed by atoms with E-state index in [9.17, 15) is 9.59 Å².